The number of hydrogen-bond acceptors (Lipinski definition) is 7. The smallest absolute Gasteiger partial charge is 0.345 e. The Morgan fingerprint density at radius 3 is 2.78 bits per heavy atom. The highest BCUT2D eigenvalue weighted by molar-refractivity contribution is 7.11. The van der Waals surface area contributed by atoms with Crippen molar-refractivity contribution in [2.24, 2.45) is 0 Å². The number of likely N-dealkylation sites (N-methyl/N-ethyl adjacent to an activating group) is 1. The van der Waals surface area contributed by atoms with E-state index in [0.717, 1.165) is 0 Å². The number of nitrogen functional groups attached to an aromatic ring is 1. The molecule has 0 unspecified atom stereocenters. The van der Waals surface area contributed by atoms with Crippen molar-refractivity contribution in [2.45, 2.75) is 13.8 Å². The summed E-state index contributed by atoms with van der Waals surface area (Å²) in [5.74, 6) is -0.210. The largest absolute Gasteiger partial charge is 0.462 e. The van der Waals surface area contributed by atoms with Gasteiger partial charge in [0.25, 0.3) is 0 Å². The van der Waals surface area contributed by atoms with Gasteiger partial charge in [-0.15, -0.1) is 0 Å². The maximum absolute atomic E-state index is 11.8. The maximum Gasteiger partial charge on any atom is 0.345 e. The number of ether oxygens (including phenoxy) is 2. The summed E-state index contributed by atoms with van der Waals surface area (Å²) in [5.41, 5.74) is 6.05. The summed E-state index contributed by atoms with van der Waals surface area (Å²) in [5, 5.41) is 0.714. The third-order valence-electron chi connectivity index (χ3n) is 2.30. The molecule has 1 heterocycles. The fraction of sp³-hybridized carbons (Fsp3) is 0.636. The molecule has 0 aliphatic rings. The number of aromatic nitrogens is 1. The van der Waals surface area contributed by atoms with Crippen LogP contribution in [0.5, 0.6) is 0 Å². The molecule has 0 bridgehead atoms. The van der Waals surface area contributed by atoms with Crippen LogP contribution in [-0.4, -0.2) is 43.8 Å². The predicted octanol–water partition coefficient (Wildman–Crippen LogP) is 1.37. The second-order valence-corrected chi connectivity index (χ2v) is 4.34. The van der Waals surface area contributed by atoms with Gasteiger partial charge in [0.05, 0.1) is 13.2 Å². The number of nitrogens with zero attached hydrogens (tertiary/aromatic N) is 2. The molecule has 102 valence electrons. The molecule has 7 heteroatoms. The van der Waals surface area contributed by atoms with Crippen molar-refractivity contribution in [3.8, 4) is 0 Å². The van der Waals surface area contributed by atoms with Crippen LogP contribution in [0.1, 0.15) is 24.2 Å². The van der Waals surface area contributed by atoms with E-state index in [2.05, 4.69) is 4.37 Å². The SMILES string of the molecule is CCOCCN(C)c1snc(N)c1C(=O)OCC. The molecule has 0 amide bonds. The standard InChI is InChI=1S/C11H19N3O3S/c1-4-16-7-6-14(3)10-8(9(12)13-18-10)11(15)17-5-2/h4-7H2,1-3H3,(H2,12,13). The van der Waals surface area contributed by atoms with Crippen LogP contribution in [0.15, 0.2) is 0 Å². The Bertz CT molecular complexity index is 395. The third kappa shape index (κ3) is 3.58. The molecule has 0 saturated carbocycles. The van der Waals surface area contributed by atoms with Gasteiger partial charge >= 0.3 is 5.97 Å². The van der Waals surface area contributed by atoms with Gasteiger partial charge in [-0.25, -0.2) is 4.79 Å². The Morgan fingerprint density at radius 2 is 2.17 bits per heavy atom. The fourth-order valence-electron chi connectivity index (χ4n) is 1.40. The minimum Gasteiger partial charge on any atom is -0.462 e. The minimum atomic E-state index is -0.429. The van der Waals surface area contributed by atoms with Crippen LogP contribution >= 0.6 is 11.5 Å². The predicted molar refractivity (Wildman–Crippen MR) is 72.2 cm³/mol. The van der Waals surface area contributed by atoms with Crippen LogP contribution in [0.2, 0.25) is 0 Å². The summed E-state index contributed by atoms with van der Waals surface area (Å²) >= 11 is 1.19. The molecule has 0 atom stereocenters. The summed E-state index contributed by atoms with van der Waals surface area (Å²) in [6.07, 6.45) is 0. The van der Waals surface area contributed by atoms with Crippen LogP contribution in [-0.2, 0) is 9.47 Å². The number of esters is 1. The van der Waals surface area contributed by atoms with E-state index < -0.39 is 5.97 Å². The van der Waals surface area contributed by atoms with Gasteiger partial charge in [-0.1, -0.05) is 0 Å². The molecule has 0 aliphatic carbocycles. The van der Waals surface area contributed by atoms with Crippen molar-refractivity contribution in [3.63, 3.8) is 0 Å². The first kappa shape index (κ1) is 14.7. The molecule has 0 fully saturated rings. The molecule has 6 nitrogen and oxygen atoms in total. The lowest BCUT2D eigenvalue weighted by atomic mass is 10.3. The molecule has 1 aromatic heterocycles. The number of nitrogens with two attached hydrogens (primary N) is 1. The zero-order valence-electron chi connectivity index (χ0n) is 10.9. The van der Waals surface area contributed by atoms with E-state index in [1.807, 2.05) is 18.9 Å². The van der Waals surface area contributed by atoms with Gasteiger partial charge < -0.3 is 20.1 Å². The molecule has 1 rings (SSSR count). The third-order valence-corrected chi connectivity index (χ3v) is 3.28. The molecule has 0 aromatic carbocycles. The average Bonchev–Trinajstić information content (AvgIpc) is 2.71. The number of rotatable bonds is 7. The Hall–Kier alpha value is -1.34. The highest BCUT2D eigenvalue weighted by atomic mass is 32.1. The van der Waals surface area contributed by atoms with Crippen molar-refractivity contribution < 1.29 is 14.3 Å². The van der Waals surface area contributed by atoms with Crippen LogP contribution < -0.4 is 10.6 Å². The van der Waals surface area contributed by atoms with Gasteiger partial charge in [-0.3, -0.25) is 0 Å². The monoisotopic (exact) mass is 273 g/mol. The van der Waals surface area contributed by atoms with Gasteiger partial charge in [-0.2, -0.15) is 4.37 Å². The molecular formula is C11H19N3O3S. The van der Waals surface area contributed by atoms with Crippen molar-refractivity contribution in [3.05, 3.63) is 5.56 Å². The zero-order chi connectivity index (χ0) is 13.5. The Balaban J connectivity index is 2.79. The first-order chi connectivity index (χ1) is 8.61. The van der Waals surface area contributed by atoms with Gasteiger partial charge in [0.1, 0.15) is 10.6 Å². The summed E-state index contributed by atoms with van der Waals surface area (Å²) in [6, 6.07) is 0. The van der Waals surface area contributed by atoms with Crippen molar-refractivity contribution in [2.75, 3.05) is 44.0 Å². The molecule has 0 aliphatic heterocycles. The maximum atomic E-state index is 11.8. The fourth-order valence-corrected chi connectivity index (χ4v) is 2.18. The summed E-state index contributed by atoms with van der Waals surface area (Å²) < 4.78 is 14.3. The number of carbonyl (C=O) groups is 1. The Morgan fingerprint density at radius 1 is 1.44 bits per heavy atom. The van der Waals surface area contributed by atoms with E-state index in [1.54, 1.807) is 6.92 Å². The van der Waals surface area contributed by atoms with E-state index in [0.29, 0.717) is 36.9 Å². The quantitative estimate of drug-likeness (QED) is 0.597. The number of anilines is 2. The van der Waals surface area contributed by atoms with Crippen molar-refractivity contribution in [1.82, 2.24) is 4.37 Å². The van der Waals surface area contributed by atoms with Crippen LogP contribution in [0.25, 0.3) is 0 Å². The van der Waals surface area contributed by atoms with Gasteiger partial charge in [0, 0.05) is 20.2 Å². The Labute approximate surface area is 111 Å². The topological polar surface area (TPSA) is 77.7 Å². The summed E-state index contributed by atoms with van der Waals surface area (Å²) in [6.45, 7) is 5.94. The molecular weight excluding hydrogens is 254 g/mol. The molecule has 2 N–H and O–H groups in total. The van der Waals surface area contributed by atoms with Crippen LogP contribution in [0.4, 0.5) is 10.8 Å². The molecule has 18 heavy (non-hydrogen) atoms. The minimum absolute atomic E-state index is 0.219. The molecule has 0 radical (unpaired) electrons. The van der Waals surface area contributed by atoms with E-state index in [4.69, 9.17) is 15.2 Å². The van der Waals surface area contributed by atoms with Gasteiger partial charge in [-0.05, 0) is 25.4 Å². The summed E-state index contributed by atoms with van der Waals surface area (Å²) in [7, 11) is 1.87. The molecule has 0 saturated heterocycles. The van der Waals surface area contributed by atoms with Crippen LogP contribution in [0, 0.1) is 0 Å². The number of hydrogen-bond donors (Lipinski definition) is 1. The normalized spacial score (nSPS) is 10.4. The zero-order valence-corrected chi connectivity index (χ0v) is 11.7. The average molecular weight is 273 g/mol. The first-order valence-electron chi connectivity index (χ1n) is 5.82. The highest BCUT2D eigenvalue weighted by Crippen LogP contribution is 2.30. The van der Waals surface area contributed by atoms with E-state index >= 15 is 0 Å². The first-order valence-corrected chi connectivity index (χ1v) is 6.60. The van der Waals surface area contributed by atoms with Crippen LogP contribution in [0.3, 0.4) is 0 Å². The van der Waals surface area contributed by atoms with E-state index in [-0.39, 0.29) is 5.82 Å². The second kappa shape index (κ2) is 7.17. The van der Waals surface area contributed by atoms with Crippen molar-refractivity contribution >= 4 is 28.3 Å². The lowest BCUT2D eigenvalue weighted by Crippen LogP contribution is -2.24. The van der Waals surface area contributed by atoms with E-state index in [1.165, 1.54) is 11.5 Å². The van der Waals surface area contributed by atoms with Gasteiger partial charge in [0.2, 0.25) is 0 Å². The van der Waals surface area contributed by atoms with Gasteiger partial charge in [0.15, 0.2) is 5.82 Å². The van der Waals surface area contributed by atoms with E-state index in [9.17, 15) is 4.79 Å². The molecule has 1 aromatic rings. The Kier molecular flexibility index (Phi) is 5.87. The lowest BCUT2D eigenvalue weighted by Gasteiger charge is -2.17. The molecule has 0 spiro atoms. The lowest BCUT2D eigenvalue weighted by molar-refractivity contribution is 0.0528. The highest BCUT2D eigenvalue weighted by Gasteiger charge is 2.22. The van der Waals surface area contributed by atoms with Crippen molar-refractivity contribution in [1.29, 1.82) is 0 Å². The summed E-state index contributed by atoms with van der Waals surface area (Å²) in [4.78, 5) is 13.7. The second-order valence-electron chi connectivity index (χ2n) is 3.59. The number of carbonyl (C=O) groups excluding carboxylic acids is 1.